The average molecular weight is 561 g/mol. The lowest BCUT2D eigenvalue weighted by Crippen LogP contribution is -2.31. The fourth-order valence-corrected chi connectivity index (χ4v) is 5.54. The molecule has 0 saturated heterocycles. The summed E-state index contributed by atoms with van der Waals surface area (Å²) in [6.45, 7) is 10.3. The number of amides is 1. The quantitative estimate of drug-likeness (QED) is 0.167. The first-order valence-corrected chi connectivity index (χ1v) is 13.6. The standard InChI is InChI=1S/C30H28N2O7S/c1-5-14-38-21-13-9-18(15-23(21)37-7-3)26-25(27(33)22-12-8-17(4)39-22)28(34)29(35)32(26)30-31-20-11-10-19(36-6-2)16-24(20)40-30/h5,8-13,15-16,26,34H,1,6-7,14H2,2-4H3. The van der Waals surface area contributed by atoms with Gasteiger partial charge >= 0.3 is 0 Å². The number of aryl methyl sites for hydroxylation is 1. The van der Waals surface area contributed by atoms with E-state index in [1.165, 1.54) is 22.3 Å². The molecule has 3 heterocycles. The molecule has 1 aliphatic rings. The molecule has 2 aromatic heterocycles. The summed E-state index contributed by atoms with van der Waals surface area (Å²) >= 11 is 1.26. The van der Waals surface area contributed by atoms with Crippen molar-refractivity contribution in [2.24, 2.45) is 0 Å². The number of carbonyl (C=O) groups excluding carboxylic acids is 2. The number of carbonyl (C=O) groups is 2. The van der Waals surface area contributed by atoms with Crippen LogP contribution in [0.2, 0.25) is 0 Å². The van der Waals surface area contributed by atoms with E-state index in [2.05, 4.69) is 11.6 Å². The second-order valence-corrected chi connectivity index (χ2v) is 9.89. The highest BCUT2D eigenvalue weighted by atomic mass is 32.1. The molecule has 1 amide bonds. The molecule has 206 valence electrons. The van der Waals surface area contributed by atoms with Crippen LogP contribution in [0.15, 0.2) is 76.9 Å². The summed E-state index contributed by atoms with van der Waals surface area (Å²) in [7, 11) is 0. The first-order chi connectivity index (χ1) is 19.4. The number of aliphatic hydroxyl groups is 1. The van der Waals surface area contributed by atoms with Crippen LogP contribution < -0.4 is 19.1 Å². The summed E-state index contributed by atoms with van der Waals surface area (Å²) in [6.07, 6.45) is 1.62. The van der Waals surface area contributed by atoms with Gasteiger partial charge < -0.3 is 23.7 Å². The molecule has 40 heavy (non-hydrogen) atoms. The number of anilines is 1. The zero-order valence-electron chi connectivity index (χ0n) is 22.3. The number of hydrogen-bond donors (Lipinski definition) is 1. The number of furan rings is 1. The third kappa shape index (κ3) is 4.93. The number of ether oxygens (including phenoxy) is 3. The van der Waals surface area contributed by atoms with Crippen molar-refractivity contribution < 1.29 is 33.3 Å². The summed E-state index contributed by atoms with van der Waals surface area (Å²) in [4.78, 5) is 33.3. The highest BCUT2D eigenvalue weighted by Gasteiger charge is 2.46. The number of thiazole rings is 1. The van der Waals surface area contributed by atoms with Gasteiger partial charge in [-0.1, -0.05) is 30.1 Å². The van der Waals surface area contributed by atoms with Gasteiger partial charge in [0.1, 0.15) is 18.1 Å². The Bertz CT molecular complexity index is 1630. The molecule has 5 rings (SSSR count). The van der Waals surface area contributed by atoms with Crippen LogP contribution in [0.1, 0.15) is 41.8 Å². The number of nitrogens with zero attached hydrogens (tertiary/aromatic N) is 2. The lowest BCUT2D eigenvalue weighted by molar-refractivity contribution is -0.117. The number of aliphatic hydroxyl groups excluding tert-OH is 1. The smallest absolute Gasteiger partial charge is 0.296 e. The Morgan fingerprint density at radius 1 is 1.10 bits per heavy atom. The molecule has 0 radical (unpaired) electrons. The van der Waals surface area contributed by atoms with Crippen molar-refractivity contribution in [3.63, 3.8) is 0 Å². The Morgan fingerprint density at radius 2 is 1.90 bits per heavy atom. The van der Waals surface area contributed by atoms with Crippen molar-refractivity contribution >= 4 is 38.4 Å². The lowest BCUT2D eigenvalue weighted by Gasteiger charge is -2.25. The van der Waals surface area contributed by atoms with Crippen LogP contribution in [0.25, 0.3) is 10.2 Å². The number of rotatable bonds is 11. The van der Waals surface area contributed by atoms with Crippen molar-refractivity contribution in [2.75, 3.05) is 24.7 Å². The first kappa shape index (κ1) is 27.0. The summed E-state index contributed by atoms with van der Waals surface area (Å²) in [5.74, 6) is 0.112. The van der Waals surface area contributed by atoms with Gasteiger partial charge in [0.2, 0.25) is 5.78 Å². The van der Waals surface area contributed by atoms with Gasteiger partial charge in [-0.05, 0) is 68.8 Å². The van der Waals surface area contributed by atoms with Crippen LogP contribution in [0, 0.1) is 6.92 Å². The summed E-state index contributed by atoms with van der Waals surface area (Å²) in [5.41, 5.74) is 1.06. The third-order valence-electron chi connectivity index (χ3n) is 6.22. The van der Waals surface area contributed by atoms with E-state index in [0.717, 1.165) is 4.70 Å². The van der Waals surface area contributed by atoms with Crippen LogP contribution in [0.3, 0.4) is 0 Å². The first-order valence-electron chi connectivity index (χ1n) is 12.8. The predicted octanol–water partition coefficient (Wildman–Crippen LogP) is 6.34. The minimum Gasteiger partial charge on any atom is -0.503 e. The van der Waals surface area contributed by atoms with Gasteiger partial charge in [-0.25, -0.2) is 4.98 Å². The molecular formula is C30H28N2O7S. The van der Waals surface area contributed by atoms with Crippen molar-refractivity contribution in [1.29, 1.82) is 0 Å². The molecule has 0 saturated carbocycles. The average Bonchev–Trinajstić information content (AvgIpc) is 3.63. The minimum absolute atomic E-state index is 0.0142. The molecule has 0 bridgehead atoms. The number of fused-ring (bicyclic) bond motifs is 1. The molecule has 9 nitrogen and oxygen atoms in total. The highest BCUT2D eigenvalue weighted by Crippen LogP contribution is 2.46. The molecule has 10 heteroatoms. The van der Waals surface area contributed by atoms with Crippen LogP contribution >= 0.6 is 11.3 Å². The number of Topliss-reactive ketones (excluding diaryl/α,β-unsaturated/α-hetero) is 1. The van der Waals surface area contributed by atoms with Crippen molar-refractivity contribution in [3.8, 4) is 17.2 Å². The number of aromatic nitrogens is 1. The number of benzene rings is 2. The molecule has 4 aromatic rings. The number of ketones is 1. The minimum atomic E-state index is -1.01. The highest BCUT2D eigenvalue weighted by molar-refractivity contribution is 7.22. The van der Waals surface area contributed by atoms with Crippen LogP contribution in [-0.4, -0.2) is 41.6 Å². The van der Waals surface area contributed by atoms with Crippen LogP contribution in [0.5, 0.6) is 17.2 Å². The lowest BCUT2D eigenvalue weighted by atomic mass is 9.95. The van der Waals surface area contributed by atoms with E-state index >= 15 is 0 Å². The van der Waals surface area contributed by atoms with Gasteiger partial charge in [-0.15, -0.1) is 0 Å². The Balaban J connectivity index is 1.66. The van der Waals surface area contributed by atoms with Crippen molar-refractivity contribution in [3.05, 3.63) is 89.6 Å². The zero-order valence-corrected chi connectivity index (χ0v) is 23.1. The largest absolute Gasteiger partial charge is 0.503 e. The second-order valence-electron chi connectivity index (χ2n) is 8.88. The predicted molar refractivity (Wildman–Crippen MR) is 152 cm³/mol. The van der Waals surface area contributed by atoms with Gasteiger partial charge in [0, 0.05) is 0 Å². The molecule has 2 aromatic carbocycles. The van der Waals surface area contributed by atoms with E-state index in [4.69, 9.17) is 18.6 Å². The maximum absolute atomic E-state index is 13.7. The van der Waals surface area contributed by atoms with Gasteiger partial charge in [-0.2, -0.15) is 0 Å². The normalized spacial score (nSPS) is 15.1. The molecule has 1 aliphatic heterocycles. The molecule has 1 atom stereocenters. The van der Waals surface area contributed by atoms with Crippen LogP contribution in [0.4, 0.5) is 5.13 Å². The fourth-order valence-electron chi connectivity index (χ4n) is 4.52. The fraction of sp³-hybridized carbons (Fsp3) is 0.233. The monoisotopic (exact) mass is 560 g/mol. The molecule has 1 unspecified atom stereocenters. The summed E-state index contributed by atoms with van der Waals surface area (Å²) < 4.78 is 23.5. The van der Waals surface area contributed by atoms with E-state index in [1.807, 2.05) is 19.9 Å². The van der Waals surface area contributed by atoms with Gasteiger partial charge in [0.25, 0.3) is 5.91 Å². The molecule has 1 N–H and O–H groups in total. The topological polar surface area (TPSA) is 111 Å². The number of hydrogen-bond acceptors (Lipinski definition) is 9. The Labute approximate surface area is 234 Å². The second kappa shape index (κ2) is 11.3. The molecule has 0 fully saturated rings. The van der Waals surface area contributed by atoms with E-state index < -0.39 is 23.5 Å². The van der Waals surface area contributed by atoms with Gasteiger partial charge in [0.05, 0.1) is 35.0 Å². The molecule has 0 aliphatic carbocycles. The zero-order chi connectivity index (χ0) is 28.4. The molecule has 0 spiro atoms. The van der Waals surface area contributed by atoms with E-state index in [0.29, 0.717) is 52.4 Å². The van der Waals surface area contributed by atoms with E-state index in [-0.39, 0.29) is 17.9 Å². The summed E-state index contributed by atoms with van der Waals surface area (Å²) in [6, 6.07) is 12.7. The van der Waals surface area contributed by atoms with Crippen LogP contribution in [-0.2, 0) is 4.79 Å². The van der Waals surface area contributed by atoms with Gasteiger partial charge in [0.15, 0.2) is 28.1 Å². The maximum Gasteiger partial charge on any atom is 0.296 e. The molecular weight excluding hydrogens is 532 g/mol. The van der Waals surface area contributed by atoms with Crippen molar-refractivity contribution in [1.82, 2.24) is 4.98 Å². The SMILES string of the molecule is C=CCOc1ccc(C2C(C(=O)c3ccc(C)o3)=C(O)C(=O)N2c2nc3ccc(OCC)cc3s2)cc1OCC. The van der Waals surface area contributed by atoms with E-state index in [9.17, 15) is 14.7 Å². The van der Waals surface area contributed by atoms with Crippen molar-refractivity contribution in [2.45, 2.75) is 26.8 Å². The van der Waals surface area contributed by atoms with E-state index in [1.54, 1.807) is 49.4 Å². The Kier molecular flexibility index (Phi) is 7.61. The summed E-state index contributed by atoms with van der Waals surface area (Å²) in [5, 5.41) is 11.4. The Hall–Kier alpha value is -4.57. The third-order valence-corrected chi connectivity index (χ3v) is 7.24. The maximum atomic E-state index is 13.7. The van der Waals surface area contributed by atoms with Gasteiger partial charge in [-0.3, -0.25) is 14.5 Å². The Morgan fingerprint density at radius 3 is 2.60 bits per heavy atom.